The molecular weight excluding hydrogens is 464 g/mol. The number of carbonyl (C=O) groups excluding carboxylic acids is 1. The predicted molar refractivity (Wildman–Crippen MR) is 140 cm³/mol. The Morgan fingerprint density at radius 2 is 1.08 bits per heavy atom. The van der Waals surface area contributed by atoms with E-state index in [0.29, 0.717) is 72.7 Å². The highest BCUT2D eigenvalue weighted by atomic mass is 16.6. The Balaban J connectivity index is 1.80. The van der Waals surface area contributed by atoms with Gasteiger partial charge in [-0.2, -0.15) is 0 Å². The Kier molecular flexibility index (Phi) is 22.4. The SMILES string of the molecule is CCCCCCCCc1ccc(OCCOCCOCCOCCOCCOCCC(=O)OC)cc1. The zero-order valence-electron chi connectivity index (χ0n) is 22.5. The molecule has 0 aliphatic carbocycles. The minimum Gasteiger partial charge on any atom is -0.491 e. The van der Waals surface area contributed by atoms with Crippen LogP contribution in [0, 0.1) is 0 Å². The fourth-order valence-corrected chi connectivity index (χ4v) is 3.32. The van der Waals surface area contributed by atoms with Crippen LogP contribution >= 0.6 is 0 Å². The summed E-state index contributed by atoms with van der Waals surface area (Å²) in [5.41, 5.74) is 1.38. The Bertz CT molecular complexity index is 608. The summed E-state index contributed by atoms with van der Waals surface area (Å²) in [4.78, 5) is 10.9. The van der Waals surface area contributed by atoms with Crippen molar-refractivity contribution in [1.29, 1.82) is 0 Å². The molecule has 36 heavy (non-hydrogen) atoms. The van der Waals surface area contributed by atoms with Crippen LogP contribution in [-0.2, 0) is 39.6 Å². The smallest absolute Gasteiger partial charge is 0.307 e. The van der Waals surface area contributed by atoms with E-state index in [1.54, 1.807) is 0 Å². The van der Waals surface area contributed by atoms with E-state index in [-0.39, 0.29) is 12.4 Å². The van der Waals surface area contributed by atoms with Crippen LogP contribution in [0.25, 0.3) is 0 Å². The maximum absolute atomic E-state index is 10.9. The van der Waals surface area contributed by atoms with Gasteiger partial charge in [-0.05, 0) is 30.5 Å². The molecule has 0 unspecified atom stereocenters. The summed E-state index contributed by atoms with van der Waals surface area (Å²) < 4.78 is 37.4. The van der Waals surface area contributed by atoms with Gasteiger partial charge in [-0.25, -0.2) is 0 Å². The van der Waals surface area contributed by atoms with E-state index in [9.17, 15) is 4.79 Å². The van der Waals surface area contributed by atoms with Crippen molar-refractivity contribution in [3.63, 3.8) is 0 Å². The van der Waals surface area contributed by atoms with E-state index < -0.39 is 0 Å². The molecule has 0 bridgehead atoms. The number of esters is 1. The molecule has 0 aliphatic rings. The molecule has 0 saturated heterocycles. The number of carbonyl (C=O) groups is 1. The highest BCUT2D eigenvalue weighted by Gasteiger charge is 2.00. The van der Waals surface area contributed by atoms with Crippen molar-refractivity contribution in [2.45, 2.75) is 58.3 Å². The average molecular weight is 513 g/mol. The fraction of sp³-hybridized carbons (Fsp3) is 0.750. The van der Waals surface area contributed by atoms with Gasteiger partial charge in [-0.3, -0.25) is 4.79 Å². The van der Waals surface area contributed by atoms with Crippen LogP contribution in [0.5, 0.6) is 5.75 Å². The van der Waals surface area contributed by atoms with Gasteiger partial charge in [0.1, 0.15) is 12.4 Å². The third-order valence-electron chi connectivity index (χ3n) is 5.40. The Labute approximate surface area is 217 Å². The van der Waals surface area contributed by atoms with Crippen molar-refractivity contribution >= 4 is 5.97 Å². The first-order chi connectivity index (χ1) is 17.8. The normalized spacial score (nSPS) is 11.1. The first-order valence-corrected chi connectivity index (χ1v) is 13.4. The minimum absolute atomic E-state index is 0.256. The zero-order valence-corrected chi connectivity index (χ0v) is 22.5. The second kappa shape index (κ2) is 25.0. The molecule has 0 N–H and O–H groups in total. The molecule has 0 atom stereocenters. The van der Waals surface area contributed by atoms with Crippen molar-refractivity contribution in [3.8, 4) is 5.75 Å². The van der Waals surface area contributed by atoms with E-state index in [2.05, 4.69) is 23.8 Å². The molecule has 1 rings (SSSR count). The predicted octanol–water partition coefficient (Wildman–Crippen LogP) is 4.61. The van der Waals surface area contributed by atoms with E-state index in [1.807, 2.05) is 12.1 Å². The first kappa shape index (κ1) is 32.3. The van der Waals surface area contributed by atoms with Crippen LogP contribution in [0.3, 0.4) is 0 Å². The molecule has 1 aromatic carbocycles. The maximum Gasteiger partial charge on any atom is 0.307 e. The minimum atomic E-state index is -0.276. The second-order valence-corrected chi connectivity index (χ2v) is 8.40. The Morgan fingerprint density at radius 1 is 0.611 bits per heavy atom. The molecule has 0 saturated carbocycles. The van der Waals surface area contributed by atoms with Gasteiger partial charge >= 0.3 is 5.97 Å². The molecule has 8 heteroatoms. The summed E-state index contributed by atoms with van der Waals surface area (Å²) in [5, 5.41) is 0. The summed E-state index contributed by atoms with van der Waals surface area (Å²) in [6.45, 7) is 7.62. The number of hydrogen-bond acceptors (Lipinski definition) is 8. The van der Waals surface area contributed by atoms with E-state index in [4.69, 9.17) is 28.4 Å². The summed E-state index contributed by atoms with van der Waals surface area (Å²) in [7, 11) is 1.36. The lowest BCUT2D eigenvalue weighted by atomic mass is 10.0. The monoisotopic (exact) mass is 512 g/mol. The third kappa shape index (κ3) is 20.5. The van der Waals surface area contributed by atoms with Crippen molar-refractivity contribution in [3.05, 3.63) is 29.8 Å². The molecule has 0 fully saturated rings. The molecule has 0 aliphatic heterocycles. The van der Waals surface area contributed by atoms with Crippen LogP contribution < -0.4 is 4.74 Å². The van der Waals surface area contributed by atoms with Crippen LogP contribution in [0.1, 0.15) is 57.4 Å². The van der Waals surface area contributed by atoms with Crippen molar-refractivity contribution in [2.24, 2.45) is 0 Å². The first-order valence-electron chi connectivity index (χ1n) is 13.4. The average Bonchev–Trinajstić information content (AvgIpc) is 2.90. The van der Waals surface area contributed by atoms with Gasteiger partial charge < -0.3 is 33.2 Å². The highest BCUT2D eigenvalue weighted by molar-refractivity contribution is 5.69. The Morgan fingerprint density at radius 3 is 1.61 bits per heavy atom. The molecule has 208 valence electrons. The highest BCUT2D eigenvalue weighted by Crippen LogP contribution is 2.15. The van der Waals surface area contributed by atoms with E-state index in [1.165, 1.54) is 51.2 Å². The van der Waals surface area contributed by atoms with Crippen LogP contribution in [0.4, 0.5) is 0 Å². The summed E-state index contributed by atoms with van der Waals surface area (Å²) in [5.74, 6) is 0.607. The fourth-order valence-electron chi connectivity index (χ4n) is 3.32. The van der Waals surface area contributed by atoms with Gasteiger partial charge in [0, 0.05) is 0 Å². The number of ether oxygens (including phenoxy) is 7. The molecule has 0 amide bonds. The summed E-state index contributed by atoms with van der Waals surface area (Å²) in [6, 6.07) is 8.41. The van der Waals surface area contributed by atoms with Gasteiger partial charge in [0.25, 0.3) is 0 Å². The van der Waals surface area contributed by atoms with Crippen molar-refractivity contribution < 1.29 is 38.0 Å². The Hall–Kier alpha value is -1.71. The molecular formula is C28H48O8. The number of unbranched alkanes of at least 4 members (excludes halogenated alkanes) is 5. The van der Waals surface area contributed by atoms with Crippen molar-refractivity contribution in [1.82, 2.24) is 0 Å². The van der Waals surface area contributed by atoms with Gasteiger partial charge in [0.15, 0.2) is 0 Å². The second-order valence-electron chi connectivity index (χ2n) is 8.40. The lowest BCUT2D eigenvalue weighted by molar-refractivity contribution is -0.141. The summed E-state index contributed by atoms with van der Waals surface area (Å²) >= 11 is 0. The number of aryl methyl sites for hydroxylation is 1. The number of methoxy groups -OCH3 is 1. The lowest BCUT2D eigenvalue weighted by Gasteiger charge is -2.09. The molecule has 0 spiro atoms. The van der Waals surface area contributed by atoms with E-state index in [0.717, 1.165) is 12.2 Å². The van der Waals surface area contributed by atoms with Crippen LogP contribution in [0.2, 0.25) is 0 Å². The van der Waals surface area contributed by atoms with Crippen molar-refractivity contribution in [2.75, 3.05) is 79.8 Å². The molecule has 1 aromatic rings. The zero-order chi connectivity index (χ0) is 25.9. The van der Waals surface area contributed by atoms with Crippen LogP contribution in [-0.4, -0.2) is 85.8 Å². The molecule has 0 radical (unpaired) electrons. The molecule has 0 aromatic heterocycles. The standard InChI is InChI=1S/C28H48O8/c1-3-4-5-6-7-8-9-26-10-12-27(13-11-26)36-25-24-35-23-22-34-21-20-33-19-18-32-17-16-31-15-14-28(29)30-2/h10-13H,3-9,14-25H2,1-2H3. The number of hydrogen-bond donors (Lipinski definition) is 0. The topological polar surface area (TPSA) is 81.7 Å². The quantitative estimate of drug-likeness (QED) is 0.131. The number of rotatable bonds is 26. The largest absolute Gasteiger partial charge is 0.491 e. The van der Waals surface area contributed by atoms with Gasteiger partial charge in [-0.15, -0.1) is 0 Å². The van der Waals surface area contributed by atoms with Gasteiger partial charge in [-0.1, -0.05) is 51.2 Å². The van der Waals surface area contributed by atoms with Gasteiger partial charge in [0.2, 0.25) is 0 Å². The van der Waals surface area contributed by atoms with E-state index >= 15 is 0 Å². The third-order valence-corrected chi connectivity index (χ3v) is 5.40. The summed E-state index contributed by atoms with van der Waals surface area (Å²) in [6.07, 6.45) is 9.35. The van der Waals surface area contributed by atoms with Gasteiger partial charge in [0.05, 0.1) is 79.6 Å². The lowest BCUT2D eigenvalue weighted by Crippen LogP contribution is -2.14. The van der Waals surface area contributed by atoms with Crippen LogP contribution in [0.15, 0.2) is 24.3 Å². The molecule has 8 nitrogen and oxygen atoms in total. The number of benzene rings is 1. The molecule has 0 heterocycles. The maximum atomic E-state index is 10.9.